The molecule has 0 unspecified atom stereocenters. The van der Waals surface area contributed by atoms with Crippen molar-refractivity contribution in [3.8, 4) is 6.07 Å². The van der Waals surface area contributed by atoms with Gasteiger partial charge in [0.25, 0.3) is 10.0 Å². The smallest absolute Gasteiger partial charge is 0.337 e. The Hall–Kier alpha value is -3.31. The van der Waals surface area contributed by atoms with Gasteiger partial charge in [-0.2, -0.15) is 5.26 Å². The zero-order chi connectivity index (χ0) is 18.2. The lowest BCUT2D eigenvalue weighted by Gasteiger charge is -2.12. The van der Waals surface area contributed by atoms with E-state index in [9.17, 15) is 23.6 Å². The molecule has 0 saturated carbocycles. The average molecular weight is 355 g/mol. The summed E-state index contributed by atoms with van der Waals surface area (Å²) in [6.07, 6.45) is 1.50. The van der Waals surface area contributed by atoms with E-state index in [0.29, 0.717) is 16.5 Å². The van der Waals surface area contributed by atoms with Crippen LogP contribution in [0.5, 0.6) is 0 Å². The van der Waals surface area contributed by atoms with Gasteiger partial charge in [0.05, 0.1) is 22.3 Å². The van der Waals surface area contributed by atoms with Gasteiger partial charge in [-0.3, -0.25) is 4.72 Å². The Bertz CT molecular complexity index is 1140. The van der Waals surface area contributed by atoms with Crippen LogP contribution in [0, 0.1) is 18.3 Å². The standard InChI is InChI=1S/C17H13N3O4S/c1-10-6-7-13(16-15(10)11(8-18)9-19-16)20-25(23,24)14-5-3-2-4-12(14)17(21)22/h2-7,9,19-20H,1H3,(H,21,22). The predicted octanol–water partition coefficient (Wildman–Crippen LogP) is 2.85. The Kier molecular flexibility index (Phi) is 3.94. The Labute approximate surface area is 143 Å². The van der Waals surface area contributed by atoms with Gasteiger partial charge in [0, 0.05) is 11.6 Å². The highest BCUT2D eigenvalue weighted by molar-refractivity contribution is 7.92. The van der Waals surface area contributed by atoms with Crippen LogP contribution in [0.4, 0.5) is 5.69 Å². The zero-order valence-corrected chi connectivity index (χ0v) is 13.9. The minimum Gasteiger partial charge on any atom is -0.478 e. The van der Waals surface area contributed by atoms with Crippen molar-refractivity contribution < 1.29 is 18.3 Å². The number of aromatic amines is 1. The highest BCUT2D eigenvalue weighted by atomic mass is 32.2. The molecular weight excluding hydrogens is 342 g/mol. The molecule has 3 aromatic rings. The summed E-state index contributed by atoms with van der Waals surface area (Å²) < 4.78 is 27.8. The minimum absolute atomic E-state index is 0.238. The fourth-order valence-corrected chi connectivity index (χ4v) is 3.94. The molecule has 0 aliphatic heterocycles. The fourth-order valence-electron chi connectivity index (χ4n) is 2.67. The number of nitrogens with one attached hydrogen (secondary N) is 2. The summed E-state index contributed by atoms with van der Waals surface area (Å²) in [4.78, 5) is 13.8. The van der Waals surface area contributed by atoms with E-state index >= 15 is 0 Å². The molecule has 0 aliphatic carbocycles. The number of fused-ring (bicyclic) bond motifs is 1. The zero-order valence-electron chi connectivity index (χ0n) is 13.1. The molecular formula is C17H13N3O4S. The van der Waals surface area contributed by atoms with Crippen LogP contribution >= 0.6 is 0 Å². The second kappa shape index (κ2) is 5.96. The molecule has 0 aliphatic rings. The molecule has 25 heavy (non-hydrogen) atoms. The van der Waals surface area contributed by atoms with Crippen molar-refractivity contribution in [1.29, 1.82) is 5.26 Å². The minimum atomic E-state index is -4.12. The molecule has 2 aromatic carbocycles. The van der Waals surface area contributed by atoms with Crippen LogP contribution in [0.15, 0.2) is 47.5 Å². The van der Waals surface area contributed by atoms with Crippen molar-refractivity contribution in [3.05, 3.63) is 59.3 Å². The van der Waals surface area contributed by atoms with Crippen LogP contribution < -0.4 is 4.72 Å². The van der Waals surface area contributed by atoms with E-state index in [2.05, 4.69) is 15.8 Å². The average Bonchev–Trinajstić information content (AvgIpc) is 3.02. The number of benzene rings is 2. The van der Waals surface area contributed by atoms with Crippen LogP contribution in [-0.4, -0.2) is 24.5 Å². The van der Waals surface area contributed by atoms with E-state index in [0.717, 1.165) is 5.56 Å². The quantitative estimate of drug-likeness (QED) is 0.664. The number of hydrogen-bond acceptors (Lipinski definition) is 4. The summed E-state index contributed by atoms with van der Waals surface area (Å²) >= 11 is 0. The van der Waals surface area contributed by atoms with Crippen LogP contribution in [-0.2, 0) is 10.0 Å². The topological polar surface area (TPSA) is 123 Å². The molecule has 0 amide bonds. The maximum Gasteiger partial charge on any atom is 0.337 e. The van der Waals surface area contributed by atoms with Gasteiger partial charge in [0.1, 0.15) is 11.0 Å². The largest absolute Gasteiger partial charge is 0.478 e. The Morgan fingerprint density at radius 2 is 1.96 bits per heavy atom. The molecule has 1 heterocycles. The van der Waals surface area contributed by atoms with Gasteiger partial charge in [-0.05, 0) is 30.7 Å². The maximum absolute atomic E-state index is 12.7. The molecule has 3 rings (SSSR count). The third-order valence-corrected chi connectivity index (χ3v) is 5.24. The number of aromatic nitrogens is 1. The molecule has 7 nitrogen and oxygen atoms in total. The van der Waals surface area contributed by atoms with Crippen molar-refractivity contribution in [2.45, 2.75) is 11.8 Å². The molecule has 0 saturated heterocycles. The van der Waals surface area contributed by atoms with E-state index in [4.69, 9.17) is 0 Å². The predicted molar refractivity (Wildman–Crippen MR) is 92.0 cm³/mol. The van der Waals surface area contributed by atoms with Gasteiger partial charge in [0.15, 0.2) is 0 Å². The number of carboxylic acids is 1. The SMILES string of the molecule is Cc1ccc(NS(=O)(=O)c2ccccc2C(=O)O)c2[nH]cc(C#N)c12. The highest BCUT2D eigenvalue weighted by Crippen LogP contribution is 2.30. The second-order valence-corrected chi connectivity index (χ2v) is 7.05. The number of hydrogen-bond donors (Lipinski definition) is 3. The number of H-pyrrole nitrogens is 1. The monoisotopic (exact) mass is 355 g/mol. The summed E-state index contributed by atoms with van der Waals surface area (Å²) in [5, 5.41) is 19.0. The third kappa shape index (κ3) is 2.81. The van der Waals surface area contributed by atoms with Crippen molar-refractivity contribution >= 4 is 32.6 Å². The molecule has 0 radical (unpaired) electrons. The van der Waals surface area contributed by atoms with Crippen LogP contribution in [0.25, 0.3) is 10.9 Å². The molecule has 126 valence electrons. The number of carboxylic acid groups (broad SMARTS) is 1. The van der Waals surface area contributed by atoms with Gasteiger partial charge >= 0.3 is 5.97 Å². The number of nitriles is 1. The lowest BCUT2D eigenvalue weighted by atomic mass is 10.1. The van der Waals surface area contributed by atoms with E-state index in [1.165, 1.54) is 30.5 Å². The molecule has 0 atom stereocenters. The molecule has 1 aromatic heterocycles. The fraction of sp³-hybridized carbons (Fsp3) is 0.0588. The summed E-state index contributed by atoms with van der Waals surface area (Å²) in [6.45, 7) is 1.81. The first-order valence-electron chi connectivity index (χ1n) is 7.21. The maximum atomic E-state index is 12.7. The molecule has 0 spiro atoms. The Balaban J connectivity index is 2.14. The lowest BCUT2D eigenvalue weighted by molar-refractivity contribution is 0.0692. The number of aryl methyl sites for hydroxylation is 1. The summed E-state index contributed by atoms with van der Waals surface area (Å²) in [5.74, 6) is -1.33. The van der Waals surface area contributed by atoms with Gasteiger partial charge in [-0.25, -0.2) is 13.2 Å². The Morgan fingerprint density at radius 1 is 1.24 bits per heavy atom. The van der Waals surface area contributed by atoms with E-state index in [1.54, 1.807) is 12.1 Å². The van der Waals surface area contributed by atoms with E-state index in [1.807, 2.05) is 6.92 Å². The van der Waals surface area contributed by atoms with Crippen molar-refractivity contribution in [2.75, 3.05) is 4.72 Å². The molecule has 0 bridgehead atoms. The van der Waals surface area contributed by atoms with Crippen LogP contribution in [0.3, 0.4) is 0 Å². The first-order chi connectivity index (χ1) is 11.8. The van der Waals surface area contributed by atoms with Crippen molar-refractivity contribution in [1.82, 2.24) is 4.98 Å². The highest BCUT2D eigenvalue weighted by Gasteiger charge is 2.23. The molecule has 0 fully saturated rings. The number of aromatic carboxylic acids is 1. The van der Waals surface area contributed by atoms with Gasteiger partial charge in [0.2, 0.25) is 0 Å². The van der Waals surface area contributed by atoms with Crippen LogP contribution in [0.2, 0.25) is 0 Å². The van der Waals surface area contributed by atoms with Gasteiger partial charge < -0.3 is 10.1 Å². The number of sulfonamides is 1. The molecule has 8 heteroatoms. The van der Waals surface area contributed by atoms with E-state index in [-0.39, 0.29) is 16.1 Å². The summed E-state index contributed by atoms with van der Waals surface area (Å²) in [7, 11) is -4.12. The van der Waals surface area contributed by atoms with Crippen molar-refractivity contribution in [3.63, 3.8) is 0 Å². The van der Waals surface area contributed by atoms with E-state index < -0.39 is 16.0 Å². The van der Waals surface area contributed by atoms with Gasteiger partial charge in [-0.1, -0.05) is 18.2 Å². The first-order valence-corrected chi connectivity index (χ1v) is 8.69. The summed E-state index contributed by atoms with van der Waals surface area (Å²) in [5.41, 5.74) is 1.61. The number of nitrogens with zero attached hydrogens (tertiary/aromatic N) is 1. The van der Waals surface area contributed by atoms with Gasteiger partial charge in [-0.15, -0.1) is 0 Å². The summed E-state index contributed by atoms with van der Waals surface area (Å²) in [6, 6.07) is 10.7. The number of carbonyl (C=O) groups is 1. The normalized spacial score (nSPS) is 11.2. The second-order valence-electron chi connectivity index (χ2n) is 5.40. The third-order valence-electron chi connectivity index (χ3n) is 3.82. The van der Waals surface area contributed by atoms with Crippen molar-refractivity contribution in [2.24, 2.45) is 0 Å². The Morgan fingerprint density at radius 3 is 2.64 bits per heavy atom. The molecule has 3 N–H and O–H groups in total. The lowest BCUT2D eigenvalue weighted by Crippen LogP contribution is -2.17. The number of anilines is 1. The number of rotatable bonds is 4. The van der Waals surface area contributed by atoms with Crippen LogP contribution in [0.1, 0.15) is 21.5 Å². The first kappa shape index (κ1) is 16.5.